The molecule has 0 radical (unpaired) electrons. The van der Waals surface area contributed by atoms with Gasteiger partial charge in [0.2, 0.25) is 0 Å². The number of fused-ring (bicyclic) bond motifs is 2. The maximum absolute atomic E-state index is 12.9. The monoisotopic (exact) mass is 340 g/mol. The molecular weight excluding hydrogens is 320 g/mol. The van der Waals surface area contributed by atoms with Gasteiger partial charge in [0.1, 0.15) is 0 Å². The van der Waals surface area contributed by atoms with E-state index in [9.17, 15) is 14.7 Å². The van der Waals surface area contributed by atoms with Crippen LogP contribution in [0.3, 0.4) is 0 Å². The molecule has 2 N–H and O–H groups in total. The second-order valence-electron chi connectivity index (χ2n) is 5.97. The smallest absolute Gasteiger partial charge is 0.328 e. The van der Waals surface area contributed by atoms with Gasteiger partial charge in [-0.05, 0) is 30.9 Å². The van der Waals surface area contributed by atoms with Gasteiger partial charge in [-0.3, -0.25) is 9.78 Å². The number of para-hydroxylation sites is 1. The molecule has 6 nitrogen and oxygen atoms in total. The van der Waals surface area contributed by atoms with E-state index < -0.39 is 17.9 Å². The van der Waals surface area contributed by atoms with Crippen molar-refractivity contribution in [3.63, 3.8) is 0 Å². The summed E-state index contributed by atoms with van der Waals surface area (Å²) in [5.74, 6) is -1.53. The first kappa shape index (κ1) is 17.1. The molecule has 0 bridgehead atoms. The number of amides is 1. The van der Waals surface area contributed by atoms with Crippen LogP contribution < -0.4 is 5.32 Å². The second kappa shape index (κ2) is 7.44. The highest BCUT2D eigenvalue weighted by Crippen LogP contribution is 2.29. The predicted octanol–water partition coefficient (Wildman–Crippen LogP) is 2.11. The van der Waals surface area contributed by atoms with E-state index in [4.69, 9.17) is 4.74 Å². The molecule has 1 unspecified atom stereocenters. The van der Waals surface area contributed by atoms with Crippen LogP contribution >= 0.6 is 0 Å². The van der Waals surface area contributed by atoms with Gasteiger partial charge in [-0.15, -0.1) is 6.58 Å². The van der Waals surface area contributed by atoms with E-state index in [1.165, 1.54) is 6.08 Å². The van der Waals surface area contributed by atoms with E-state index in [0.717, 1.165) is 41.4 Å². The SMILES string of the molecule is C=CCOCC(NC(=O)c1c2c(nc3ccccc13)CCC2)C(=O)O. The van der Waals surface area contributed by atoms with Gasteiger partial charge in [0, 0.05) is 11.1 Å². The molecule has 1 aliphatic carbocycles. The number of carboxylic acid groups (broad SMARTS) is 1. The lowest BCUT2D eigenvalue weighted by molar-refractivity contribution is -0.140. The number of nitrogens with one attached hydrogen (secondary N) is 1. The highest BCUT2D eigenvalue weighted by Gasteiger charge is 2.27. The van der Waals surface area contributed by atoms with Crippen molar-refractivity contribution in [2.75, 3.05) is 13.2 Å². The molecule has 25 heavy (non-hydrogen) atoms. The average molecular weight is 340 g/mol. The Hall–Kier alpha value is -2.73. The molecule has 2 aromatic rings. The quantitative estimate of drug-likeness (QED) is 0.595. The van der Waals surface area contributed by atoms with Crippen molar-refractivity contribution in [2.45, 2.75) is 25.3 Å². The summed E-state index contributed by atoms with van der Waals surface area (Å²) in [6.07, 6.45) is 4.10. The number of aryl methyl sites for hydroxylation is 1. The normalized spacial score (nSPS) is 14.1. The van der Waals surface area contributed by atoms with Crippen LogP contribution in [0.2, 0.25) is 0 Å². The zero-order valence-electron chi connectivity index (χ0n) is 13.8. The summed E-state index contributed by atoms with van der Waals surface area (Å²) in [6, 6.07) is 6.33. The van der Waals surface area contributed by atoms with E-state index >= 15 is 0 Å². The third-order valence-corrected chi connectivity index (χ3v) is 4.27. The summed E-state index contributed by atoms with van der Waals surface area (Å²) in [5, 5.41) is 12.7. The molecule has 6 heteroatoms. The second-order valence-corrected chi connectivity index (χ2v) is 5.97. The number of benzene rings is 1. The number of hydrogen-bond acceptors (Lipinski definition) is 4. The van der Waals surface area contributed by atoms with Crippen molar-refractivity contribution < 1.29 is 19.4 Å². The van der Waals surface area contributed by atoms with Crippen LogP contribution in [0.4, 0.5) is 0 Å². The standard InChI is InChI=1S/C19H20N2O4/c1-2-10-25-11-16(19(23)24)21-18(22)17-12-6-3-4-8-14(12)20-15-9-5-7-13(15)17/h2-4,6,8,16H,1,5,7,9-11H2,(H,21,22)(H,23,24). The Labute approximate surface area is 145 Å². The fourth-order valence-corrected chi connectivity index (χ4v) is 3.14. The number of pyridine rings is 1. The lowest BCUT2D eigenvalue weighted by atomic mass is 10.00. The number of carbonyl (C=O) groups is 2. The highest BCUT2D eigenvalue weighted by molar-refractivity contribution is 6.08. The van der Waals surface area contributed by atoms with Gasteiger partial charge in [-0.1, -0.05) is 24.3 Å². The number of rotatable bonds is 7. The summed E-state index contributed by atoms with van der Waals surface area (Å²) < 4.78 is 5.20. The minimum atomic E-state index is -1.13. The molecule has 1 amide bonds. The third kappa shape index (κ3) is 3.53. The molecule has 1 aromatic heterocycles. The van der Waals surface area contributed by atoms with Crippen LogP contribution in [0.1, 0.15) is 28.0 Å². The van der Waals surface area contributed by atoms with Crippen LogP contribution in [0, 0.1) is 0 Å². The molecule has 1 heterocycles. The van der Waals surface area contributed by atoms with Crippen LogP contribution in [-0.4, -0.2) is 41.2 Å². The fraction of sp³-hybridized carbons (Fsp3) is 0.316. The van der Waals surface area contributed by atoms with E-state index in [2.05, 4.69) is 16.9 Å². The first-order chi connectivity index (χ1) is 12.1. The molecular formula is C19H20N2O4. The third-order valence-electron chi connectivity index (χ3n) is 4.27. The number of nitrogens with zero attached hydrogens (tertiary/aromatic N) is 1. The van der Waals surface area contributed by atoms with Gasteiger partial charge in [-0.2, -0.15) is 0 Å². The Morgan fingerprint density at radius 1 is 1.36 bits per heavy atom. The summed E-state index contributed by atoms with van der Waals surface area (Å²) in [4.78, 5) is 29.0. The van der Waals surface area contributed by atoms with Gasteiger partial charge in [0.25, 0.3) is 5.91 Å². The number of ether oxygens (including phenoxy) is 1. The Morgan fingerprint density at radius 2 is 2.16 bits per heavy atom. The van der Waals surface area contributed by atoms with Crippen molar-refractivity contribution >= 4 is 22.8 Å². The molecule has 1 aliphatic rings. The molecule has 1 atom stereocenters. The van der Waals surface area contributed by atoms with Crippen LogP contribution in [0.25, 0.3) is 10.9 Å². The molecule has 0 saturated carbocycles. The Morgan fingerprint density at radius 3 is 2.92 bits per heavy atom. The first-order valence-corrected chi connectivity index (χ1v) is 8.24. The average Bonchev–Trinajstić information content (AvgIpc) is 3.06. The number of carbonyl (C=O) groups excluding carboxylic acids is 1. The zero-order valence-corrected chi connectivity index (χ0v) is 13.8. The number of aliphatic carboxylic acids is 1. The highest BCUT2D eigenvalue weighted by atomic mass is 16.5. The maximum atomic E-state index is 12.9. The number of hydrogen-bond donors (Lipinski definition) is 2. The van der Waals surface area contributed by atoms with E-state index in [0.29, 0.717) is 5.56 Å². The van der Waals surface area contributed by atoms with Gasteiger partial charge in [0.15, 0.2) is 6.04 Å². The van der Waals surface area contributed by atoms with Crippen LogP contribution in [-0.2, 0) is 22.4 Å². The van der Waals surface area contributed by atoms with Crippen molar-refractivity contribution in [3.05, 3.63) is 53.7 Å². The number of carboxylic acids is 1. The zero-order chi connectivity index (χ0) is 17.8. The molecule has 0 fully saturated rings. The molecule has 0 spiro atoms. The minimum absolute atomic E-state index is 0.113. The Balaban J connectivity index is 1.93. The van der Waals surface area contributed by atoms with Gasteiger partial charge < -0.3 is 15.2 Å². The molecule has 0 aliphatic heterocycles. The van der Waals surface area contributed by atoms with E-state index in [1.54, 1.807) is 0 Å². The number of aromatic nitrogens is 1. The Kier molecular flexibility index (Phi) is 5.09. The van der Waals surface area contributed by atoms with E-state index in [1.807, 2.05) is 24.3 Å². The summed E-state index contributed by atoms with van der Waals surface area (Å²) in [6.45, 7) is 3.63. The molecule has 0 saturated heterocycles. The predicted molar refractivity (Wildman–Crippen MR) is 93.7 cm³/mol. The van der Waals surface area contributed by atoms with Gasteiger partial charge >= 0.3 is 5.97 Å². The summed E-state index contributed by atoms with van der Waals surface area (Å²) in [5.41, 5.74) is 3.14. The topological polar surface area (TPSA) is 88.5 Å². The van der Waals surface area contributed by atoms with Crippen molar-refractivity contribution in [3.8, 4) is 0 Å². The minimum Gasteiger partial charge on any atom is -0.480 e. The van der Waals surface area contributed by atoms with Crippen LogP contribution in [0.5, 0.6) is 0 Å². The van der Waals surface area contributed by atoms with Crippen LogP contribution in [0.15, 0.2) is 36.9 Å². The van der Waals surface area contributed by atoms with Crippen molar-refractivity contribution in [1.29, 1.82) is 0 Å². The van der Waals surface area contributed by atoms with Crippen molar-refractivity contribution in [1.82, 2.24) is 10.3 Å². The lowest BCUT2D eigenvalue weighted by Crippen LogP contribution is -2.44. The van der Waals surface area contributed by atoms with E-state index in [-0.39, 0.29) is 13.2 Å². The maximum Gasteiger partial charge on any atom is 0.328 e. The van der Waals surface area contributed by atoms with Crippen molar-refractivity contribution in [2.24, 2.45) is 0 Å². The summed E-state index contributed by atoms with van der Waals surface area (Å²) >= 11 is 0. The Bertz CT molecular complexity index is 832. The largest absolute Gasteiger partial charge is 0.480 e. The summed E-state index contributed by atoms with van der Waals surface area (Å²) in [7, 11) is 0. The molecule has 3 rings (SSSR count). The lowest BCUT2D eigenvalue weighted by Gasteiger charge is -2.17. The molecule has 130 valence electrons. The van der Waals surface area contributed by atoms with Gasteiger partial charge in [-0.25, -0.2) is 4.79 Å². The fourth-order valence-electron chi connectivity index (χ4n) is 3.14. The molecule has 1 aromatic carbocycles. The van der Waals surface area contributed by atoms with Gasteiger partial charge in [0.05, 0.1) is 24.3 Å². The first-order valence-electron chi connectivity index (χ1n) is 8.24.